The van der Waals surface area contributed by atoms with Crippen molar-refractivity contribution in [2.24, 2.45) is 7.05 Å². The van der Waals surface area contributed by atoms with E-state index in [0.717, 1.165) is 17.1 Å². The number of hydrogen-bond donors (Lipinski definition) is 2. The molecule has 0 saturated carbocycles. The first-order valence-corrected chi connectivity index (χ1v) is 6.08. The van der Waals surface area contributed by atoms with E-state index in [-0.39, 0.29) is 17.0 Å². The molecule has 0 aromatic carbocycles. The van der Waals surface area contributed by atoms with E-state index in [0.29, 0.717) is 6.54 Å². The third-order valence-electron chi connectivity index (χ3n) is 3.21. The Morgan fingerprint density at radius 3 is 2.58 bits per heavy atom. The molecule has 0 aliphatic rings. The number of nitrogens with one attached hydrogen (secondary N) is 2. The van der Waals surface area contributed by atoms with Crippen LogP contribution in [-0.2, 0) is 13.6 Å². The number of carbonyl (C=O) groups is 1. The van der Waals surface area contributed by atoms with Crippen molar-refractivity contribution in [3.05, 3.63) is 57.3 Å². The first kappa shape index (κ1) is 13.1. The highest BCUT2D eigenvalue weighted by atomic mass is 16.2. The van der Waals surface area contributed by atoms with Crippen LogP contribution in [0.3, 0.4) is 0 Å². The number of nitrogens with zero attached hydrogens (tertiary/aromatic N) is 1. The first-order chi connectivity index (χ1) is 8.99. The molecule has 0 saturated heterocycles. The van der Waals surface area contributed by atoms with E-state index in [1.807, 2.05) is 30.7 Å². The number of rotatable bonds is 3. The monoisotopic (exact) mass is 259 g/mol. The van der Waals surface area contributed by atoms with Crippen LogP contribution in [0.4, 0.5) is 0 Å². The lowest BCUT2D eigenvalue weighted by Crippen LogP contribution is -2.29. The fourth-order valence-electron chi connectivity index (χ4n) is 1.86. The van der Waals surface area contributed by atoms with Gasteiger partial charge >= 0.3 is 0 Å². The topological polar surface area (TPSA) is 66.9 Å². The zero-order chi connectivity index (χ0) is 14.0. The molecule has 2 rings (SSSR count). The molecule has 2 N–H and O–H groups in total. The number of hydrogen-bond acceptors (Lipinski definition) is 2. The molecule has 2 aromatic rings. The maximum atomic E-state index is 11.9. The van der Waals surface area contributed by atoms with Crippen molar-refractivity contribution in [3.8, 4) is 0 Å². The highest BCUT2D eigenvalue weighted by molar-refractivity contribution is 5.93. The molecular formula is C14H17N3O2. The second-order valence-corrected chi connectivity index (χ2v) is 4.59. The highest BCUT2D eigenvalue weighted by Crippen LogP contribution is 2.05. The van der Waals surface area contributed by atoms with Crippen molar-refractivity contribution in [3.63, 3.8) is 0 Å². The Kier molecular flexibility index (Phi) is 3.55. The van der Waals surface area contributed by atoms with Crippen LogP contribution in [0, 0.1) is 13.8 Å². The van der Waals surface area contributed by atoms with Gasteiger partial charge in [-0.3, -0.25) is 9.59 Å². The largest absolute Gasteiger partial charge is 0.350 e. The van der Waals surface area contributed by atoms with Crippen molar-refractivity contribution in [1.29, 1.82) is 0 Å². The normalized spacial score (nSPS) is 10.5. The van der Waals surface area contributed by atoms with Crippen LogP contribution in [0.5, 0.6) is 0 Å². The van der Waals surface area contributed by atoms with E-state index < -0.39 is 0 Å². The Morgan fingerprint density at radius 2 is 2.00 bits per heavy atom. The zero-order valence-electron chi connectivity index (χ0n) is 11.3. The van der Waals surface area contributed by atoms with Crippen molar-refractivity contribution in [1.82, 2.24) is 14.9 Å². The molecule has 2 aromatic heterocycles. The molecule has 5 nitrogen and oxygen atoms in total. The van der Waals surface area contributed by atoms with Gasteiger partial charge in [-0.25, -0.2) is 0 Å². The summed E-state index contributed by atoms with van der Waals surface area (Å²) in [7, 11) is 1.94. The number of amides is 1. The van der Waals surface area contributed by atoms with Crippen LogP contribution in [0.25, 0.3) is 0 Å². The second kappa shape index (κ2) is 5.14. The van der Waals surface area contributed by atoms with E-state index in [1.165, 1.54) is 0 Å². The number of aromatic nitrogens is 2. The molecule has 2 heterocycles. The Morgan fingerprint density at radius 1 is 1.26 bits per heavy atom. The molecule has 0 aliphatic heterocycles. The summed E-state index contributed by atoms with van der Waals surface area (Å²) in [5.74, 6) is -0.361. The highest BCUT2D eigenvalue weighted by Gasteiger charge is 2.10. The van der Waals surface area contributed by atoms with Gasteiger partial charge in [-0.05, 0) is 38.1 Å². The molecule has 0 fully saturated rings. The van der Waals surface area contributed by atoms with Gasteiger partial charge in [0.1, 0.15) is 5.56 Å². The first-order valence-electron chi connectivity index (χ1n) is 6.08. The van der Waals surface area contributed by atoms with Gasteiger partial charge in [-0.1, -0.05) is 0 Å². The number of aromatic amines is 1. The summed E-state index contributed by atoms with van der Waals surface area (Å²) < 4.78 is 2.00. The standard InChI is InChI=1S/C14H17N3O2/c1-9-4-7-12(14(19)16-9)13(18)15-8-11-6-5-10(2)17(11)3/h4-7H,8H2,1-3H3,(H,15,18)(H,16,19). The molecular weight excluding hydrogens is 242 g/mol. The van der Waals surface area contributed by atoms with E-state index in [2.05, 4.69) is 10.3 Å². The molecule has 1 amide bonds. The predicted molar refractivity (Wildman–Crippen MR) is 73.1 cm³/mol. The summed E-state index contributed by atoms with van der Waals surface area (Å²) in [4.78, 5) is 26.2. The SMILES string of the molecule is Cc1ccc(C(=O)NCc2ccc(C)n2C)c(=O)[nH]1. The van der Waals surface area contributed by atoms with Gasteiger partial charge in [0.2, 0.25) is 0 Å². The van der Waals surface area contributed by atoms with E-state index in [4.69, 9.17) is 0 Å². The average molecular weight is 259 g/mol. The van der Waals surface area contributed by atoms with Crippen LogP contribution < -0.4 is 10.9 Å². The van der Waals surface area contributed by atoms with Gasteiger partial charge in [0.05, 0.1) is 6.54 Å². The summed E-state index contributed by atoms with van der Waals surface area (Å²) in [5, 5.41) is 2.75. The number of carbonyl (C=O) groups excluding carboxylic acids is 1. The van der Waals surface area contributed by atoms with Gasteiger partial charge in [-0.15, -0.1) is 0 Å². The maximum absolute atomic E-state index is 11.9. The van der Waals surface area contributed by atoms with E-state index >= 15 is 0 Å². The predicted octanol–water partition coefficient (Wildman–Crippen LogP) is 1.26. The molecule has 0 bridgehead atoms. The lowest BCUT2D eigenvalue weighted by atomic mass is 10.2. The zero-order valence-corrected chi connectivity index (χ0v) is 11.3. The van der Waals surface area contributed by atoms with Crippen molar-refractivity contribution in [2.75, 3.05) is 0 Å². The van der Waals surface area contributed by atoms with Crippen LogP contribution in [0.2, 0.25) is 0 Å². The molecule has 100 valence electrons. The summed E-state index contributed by atoms with van der Waals surface area (Å²) in [6.45, 7) is 4.17. The molecule has 0 spiro atoms. The van der Waals surface area contributed by atoms with Crippen LogP contribution >= 0.6 is 0 Å². The lowest BCUT2D eigenvalue weighted by Gasteiger charge is -2.07. The van der Waals surface area contributed by atoms with Gasteiger partial charge in [0, 0.05) is 24.1 Å². The molecule has 0 radical (unpaired) electrons. The number of H-pyrrole nitrogens is 1. The van der Waals surface area contributed by atoms with Crippen molar-refractivity contribution in [2.45, 2.75) is 20.4 Å². The summed E-state index contributed by atoms with van der Waals surface area (Å²) in [6, 6.07) is 7.19. The molecule has 19 heavy (non-hydrogen) atoms. The number of pyridine rings is 1. The third-order valence-corrected chi connectivity index (χ3v) is 3.21. The van der Waals surface area contributed by atoms with Gasteiger partial charge in [-0.2, -0.15) is 0 Å². The Bertz CT molecular complexity index is 668. The summed E-state index contributed by atoms with van der Waals surface area (Å²) in [5.41, 5.74) is 2.63. The van der Waals surface area contributed by atoms with Crippen LogP contribution in [0.15, 0.2) is 29.1 Å². The molecule has 0 unspecified atom stereocenters. The Balaban J connectivity index is 2.10. The second-order valence-electron chi connectivity index (χ2n) is 4.59. The Hall–Kier alpha value is -2.30. The third kappa shape index (κ3) is 2.76. The van der Waals surface area contributed by atoms with Crippen molar-refractivity contribution < 1.29 is 4.79 Å². The smallest absolute Gasteiger partial charge is 0.260 e. The van der Waals surface area contributed by atoms with Crippen molar-refractivity contribution >= 4 is 5.91 Å². The van der Waals surface area contributed by atoms with Crippen LogP contribution in [0.1, 0.15) is 27.4 Å². The van der Waals surface area contributed by atoms with Gasteiger partial charge in [0.25, 0.3) is 11.5 Å². The minimum Gasteiger partial charge on any atom is -0.350 e. The lowest BCUT2D eigenvalue weighted by molar-refractivity contribution is 0.0948. The maximum Gasteiger partial charge on any atom is 0.260 e. The minimum absolute atomic E-state index is 0.136. The van der Waals surface area contributed by atoms with Gasteiger partial charge in [0.15, 0.2) is 0 Å². The van der Waals surface area contributed by atoms with E-state index in [1.54, 1.807) is 19.1 Å². The average Bonchev–Trinajstić information content (AvgIpc) is 2.67. The fraction of sp³-hybridized carbons (Fsp3) is 0.286. The Labute approximate surface area is 111 Å². The number of aryl methyl sites for hydroxylation is 2. The minimum atomic E-state index is -0.361. The molecule has 5 heteroatoms. The molecule has 0 aliphatic carbocycles. The van der Waals surface area contributed by atoms with Crippen LogP contribution in [-0.4, -0.2) is 15.5 Å². The fourth-order valence-corrected chi connectivity index (χ4v) is 1.86. The quantitative estimate of drug-likeness (QED) is 0.871. The van der Waals surface area contributed by atoms with E-state index in [9.17, 15) is 9.59 Å². The molecule has 0 atom stereocenters. The summed E-state index contributed by atoms with van der Waals surface area (Å²) in [6.07, 6.45) is 0. The van der Waals surface area contributed by atoms with Gasteiger partial charge < -0.3 is 14.9 Å². The summed E-state index contributed by atoms with van der Waals surface area (Å²) >= 11 is 0.